The standard InChI is InChI=1S/C22H24N2O2/c1-16-8-9-19(17(2)14-16)20(25)23-12-10-22(11-13-23)15-24(21(22)26)18-6-4-3-5-7-18/h3-9,14H,10-13,15H2,1-2H3. The number of carbonyl (C=O) groups excluding carboxylic acids is 2. The Hall–Kier alpha value is -2.62. The largest absolute Gasteiger partial charge is 0.339 e. The van der Waals surface area contributed by atoms with Crippen molar-refractivity contribution in [3.05, 3.63) is 65.2 Å². The van der Waals surface area contributed by atoms with Gasteiger partial charge in [0.05, 0.1) is 5.41 Å². The van der Waals surface area contributed by atoms with Crippen LogP contribution in [0.2, 0.25) is 0 Å². The highest BCUT2D eigenvalue weighted by Gasteiger charge is 2.53. The molecule has 0 radical (unpaired) electrons. The summed E-state index contributed by atoms with van der Waals surface area (Å²) in [5.74, 6) is 0.298. The topological polar surface area (TPSA) is 40.6 Å². The van der Waals surface area contributed by atoms with E-state index >= 15 is 0 Å². The average Bonchev–Trinajstić information content (AvgIpc) is 2.66. The minimum absolute atomic E-state index is 0.0871. The summed E-state index contributed by atoms with van der Waals surface area (Å²) in [7, 11) is 0. The molecule has 4 nitrogen and oxygen atoms in total. The van der Waals surface area contributed by atoms with Gasteiger partial charge in [-0.2, -0.15) is 0 Å². The fourth-order valence-electron chi connectivity index (χ4n) is 4.19. The molecule has 0 atom stereocenters. The van der Waals surface area contributed by atoms with Gasteiger partial charge in [-0.3, -0.25) is 9.59 Å². The third kappa shape index (κ3) is 2.70. The minimum atomic E-state index is -0.269. The highest BCUT2D eigenvalue weighted by Crippen LogP contribution is 2.44. The summed E-state index contributed by atoms with van der Waals surface area (Å²) in [4.78, 5) is 29.4. The second kappa shape index (κ2) is 6.27. The monoisotopic (exact) mass is 348 g/mol. The maximum atomic E-state index is 12.8. The van der Waals surface area contributed by atoms with E-state index in [1.807, 2.05) is 72.2 Å². The molecule has 0 aliphatic carbocycles. The number of amides is 2. The number of likely N-dealkylation sites (tertiary alicyclic amines) is 1. The molecule has 2 aromatic rings. The van der Waals surface area contributed by atoms with Crippen LogP contribution in [-0.2, 0) is 4.79 Å². The first kappa shape index (κ1) is 16.8. The van der Waals surface area contributed by atoms with Crippen LogP contribution in [0, 0.1) is 19.3 Å². The van der Waals surface area contributed by atoms with Gasteiger partial charge in [0.1, 0.15) is 0 Å². The number of carbonyl (C=O) groups is 2. The fraction of sp³-hybridized carbons (Fsp3) is 0.364. The zero-order valence-electron chi connectivity index (χ0n) is 15.4. The van der Waals surface area contributed by atoms with E-state index < -0.39 is 0 Å². The van der Waals surface area contributed by atoms with Crippen molar-refractivity contribution >= 4 is 17.5 Å². The van der Waals surface area contributed by atoms with E-state index in [1.165, 1.54) is 0 Å². The second-order valence-corrected chi connectivity index (χ2v) is 7.62. The maximum Gasteiger partial charge on any atom is 0.254 e. The van der Waals surface area contributed by atoms with Crippen molar-refractivity contribution in [3.8, 4) is 0 Å². The lowest BCUT2D eigenvalue weighted by molar-refractivity contribution is -0.138. The lowest BCUT2D eigenvalue weighted by Gasteiger charge is -2.52. The molecule has 0 N–H and O–H groups in total. The Morgan fingerprint density at radius 2 is 1.69 bits per heavy atom. The highest BCUT2D eigenvalue weighted by atomic mass is 16.2. The molecule has 2 amide bonds. The van der Waals surface area contributed by atoms with Gasteiger partial charge in [0.25, 0.3) is 5.91 Å². The summed E-state index contributed by atoms with van der Waals surface area (Å²) in [6.45, 7) is 6.09. The number of rotatable bonds is 2. The van der Waals surface area contributed by atoms with Gasteiger partial charge in [-0.05, 0) is 50.5 Å². The normalized spacial score (nSPS) is 18.8. The first-order valence-electron chi connectivity index (χ1n) is 9.24. The van der Waals surface area contributed by atoms with Crippen molar-refractivity contribution < 1.29 is 9.59 Å². The summed E-state index contributed by atoms with van der Waals surface area (Å²) < 4.78 is 0. The van der Waals surface area contributed by atoms with Crippen LogP contribution in [0.3, 0.4) is 0 Å². The van der Waals surface area contributed by atoms with Gasteiger partial charge in [0.2, 0.25) is 5.91 Å². The van der Waals surface area contributed by atoms with Crippen LogP contribution >= 0.6 is 0 Å². The second-order valence-electron chi connectivity index (χ2n) is 7.62. The molecule has 2 fully saturated rings. The van der Waals surface area contributed by atoms with E-state index in [4.69, 9.17) is 0 Å². The molecule has 1 spiro atoms. The van der Waals surface area contributed by atoms with Crippen LogP contribution in [0.5, 0.6) is 0 Å². The zero-order chi connectivity index (χ0) is 18.3. The molecule has 2 aromatic carbocycles. The molecule has 0 saturated carbocycles. The number of hydrogen-bond acceptors (Lipinski definition) is 2. The van der Waals surface area contributed by atoms with Gasteiger partial charge in [0, 0.05) is 30.9 Å². The number of para-hydroxylation sites is 1. The number of nitrogens with zero attached hydrogens (tertiary/aromatic N) is 2. The molecule has 0 aromatic heterocycles. The van der Waals surface area contributed by atoms with Crippen LogP contribution in [0.1, 0.15) is 34.3 Å². The zero-order valence-corrected chi connectivity index (χ0v) is 15.4. The lowest BCUT2D eigenvalue weighted by Crippen LogP contribution is -2.65. The first-order chi connectivity index (χ1) is 12.5. The van der Waals surface area contributed by atoms with Crippen molar-refractivity contribution in [2.75, 3.05) is 24.5 Å². The van der Waals surface area contributed by atoms with Crippen molar-refractivity contribution in [1.29, 1.82) is 0 Å². The van der Waals surface area contributed by atoms with Crippen molar-refractivity contribution in [1.82, 2.24) is 4.90 Å². The quantitative estimate of drug-likeness (QED) is 0.779. The van der Waals surface area contributed by atoms with Gasteiger partial charge in [0.15, 0.2) is 0 Å². The van der Waals surface area contributed by atoms with E-state index in [-0.39, 0.29) is 17.2 Å². The van der Waals surface area contributed by atoms with Crippen molar-refractivity contribution in [3.63, 3.8) is 0 Å². The Kier molecular flexibility index (Phi) is 4.06. The highest BCUT2D eigenvalue weighted by molar-refractivity contribution is 6.04. The fourth-order valence-corrected chi connectivity index (χ4v) is 4.19. The SMILES string of the molecule is Cc1ccc(C(=O)N2CCC3(CC2)CN(c2ccccc2)C3=O)c(C)c1. The third-order valence-corrected chi connectivity index (χ3v) is 5.85. The van der Waals surface area contributed by atoms with Gasteiger partial charge in [-0.15, -0.1) is 0 Å². The minimum Gasteiger partial charge on any atom is -0.339 e. The number of β-lactam (4-membered cyclic amide) rings is 1. The molecule has 26 heavy (non-hydrogen) atoms. The Balaban J connectivity index is 1.42. The van der Waals surface area contributed by atoms with Crippen LogP contribution < -0.4 is 4.90 Å². The average molecular weight is 348 g/mol. The van der Waals surface area contributed by atoms with Gasteiger partial charge >= 0.3 is 0 Å². The molecular formula is C22H24N2O2. The Bertz CT molecular complexity index is 852. The molecule has 2 saturated heterocycles. The molecule has 4 rings (SSSR count). The number of hydrogen-bond donors (Lipinski definition) is 0. The van der Waals surface area contributed by atoms with Gasteiger partial charge < -0.3 is 9.80 Å². The van der Waals surface area contributed by atoms with Crippen molar-refractivity contribution in [2.24, 2.45) is 5.41 Å². The summed E-state index contributed by atoms with van der Waals surface area (Å²) in [5.41, 5.74) is 3.66. The molecule has 2 aliphatic rings. The van der Waals surface area contributed by atoms with E-state index in [1.54, 1.807) is 0 Å². The predicted molar refractivity (Wildman–Crippen MR) is 102 cm³/mol. The Morgan fingerprint density at radius 1 is 1.00 bits per heavy atom. The number of piperidine rings is 1. The first-order valence-corrected chi connectivity index (χ1v) is 9.24. The van der Waals surface area contributed by atoms with Crippen LogP contribution in [0.4, 0.5) is 5.69 Å². The Morgan fingerprint density at radius 3 is 2.31 bits per heavy atom. The van der Waals surface area contributed by atoms with E-state index in [0.29, 0.717) is 13.1 Å². The van der Waals surface area contributed by atoms with Crippen molar-refractivity contribution in [2.45, 2.75) is 26.7 Å². The molecule has 0 unspecified atom stereocenters. The molecular weight excluding hydrogens is 324 g/mol. The van der Waals surface area contributed by atoms with E-state index in [2.05, 4.69) is 0 Å². The maximum absolute atomic E-state index is 12.8. The van der Waals surface area contributed by atoms with Crippen LogP contribution in [-0.4, -0.2) is 36.3 Å². The summed E-state index contributed by atoms with van der Waals surface area (Å²) in [5, 5.41) is 0. The van der Waals surface area contributed by atoms with E-state index in [9.17, 15) is 9.59 Å². The van der Waals surface area contributed by atoms with Gasteiger partial charge in [-0.1, -0.05) is 35.9 Å². The van der Waals surface area contributed by atoms with E-state index in [0.717, 1.165) is 41.8 Å². The van der Waals surface area contributed by atoms with Gasteiger partial charge in [-0.25, -0.2) is 0 Å². The lowest BCUT2D eigenvalue weighted by atomic mass is 9.70. The molecule has 2 aliphatic heterocycles. The van der Waals surface area contributed by atoms with Crippen LogP contribution in [0.15, 0.2) is 48.5 Å². The number of benzene rings is 2. The smallest absolute Gasteiger partial charge is 0.254 e. The number of anilines is 1. The summed E-state index contributed by atoms with van der Waals surface area (Å²) >= 11 is 0. The van der Waals surface area contributed by atoms with Crippen LogP contribution in [0.25, 0.3) is 0 Å². The molecule has 4 heteroatoms. The molecule has 0 bridgehead atoms. The Labute approximate surface area is 154 Å². The third-order valence-electron chi connectivity index (χ3n) is 5.85. The predicted octanol–water partition coefficient (Wildman–Crippen LogP) is 3.57. The molecule has 134 valence electrons. The molecule has 2 heterocycles. The summed E-state index contributed by atoms with van der Waals surface area (Å²) in [6.07, 6.45) is 1.51. The summed E-state index contributed by atoms with van der Waals surface area (Å²) in [6, 6.07) is 15.8. The number of aryl methyl sites for hydroxylation is 2.